The molecule has 6 heteroatoms. The van der Waals surface area contributed by atoms with E-state index in [1.54, 1.807) is 24.6 Å². The average Bonchev–Trinajstić information content (AvgIpc) is 3.46. The summed E-state index contributed by atoms with van der Waals surface area (Å²) < 4.78 is 17.7. The minimum atomic E-state index is -0.829. The Morgan fingerprint density at radius 2 is 1.93 bits per heavy atom. The predicted octanol–water partition coefficient (Wildman–Crippen LogP) is 5.56. The number of furan rings is 1. The second-order valence-electron chi connectivity index (χ2n) is 6.50. The molecule has 0 saturated carbocycles. The molecule has 0 aliphatic carbocycles. The minimum Gasteiger partial charge on any atom is -0.473 e. The lowest BCUT2D eigenvalue weighted by molar-refractivity contribution is 0.0690. The molecule has 2 aromatic carbocycles. The number of hydrogen-bond acceptors (Lipinski definition) is 5. The van der Waals surface area contributed by atoms with Crippen molar-refractivity contribution in [1.82, 2.24) is 5.32 Å². The highest BCUT2D eigenvalue weighted by atomic mass is 32.1. The summed E-state index contributed by atoms with van der Waals surface area (Å²) in [6.07, 6.45) is 1.63. The number of benzene rings is 2. The highest BCUT2D eigenvalue weighted by molar-refractivity contribution is 7.10. The van der Waals surface area contributed by atoms with E-state index >= 15 is 0 Å². The van der Waals surface area contributed by atoms with E-state index in [9.17, 15) is 4.79 Å². The standard InChI is InChI=1S/C23H21NO4S/c1-24-22(25)27-15-13-23(20-11-6-16-29-20,18-8-3-2-4-9-18)28-19-10-5-7-17-12-14-26-21(17)19/h2-12,14,16H,13,15H2,1H3,(H,24,25)/t23-/m0/s1. The van der Waals surface area contributed by atoms with Crippen molar-refractivity contribution in [2.24, 2.45) is 0 Å². The van der Waals surface area contributed by atoms with Crippen molar-refractivity contribution in [2.75, 3.05) is 13.7 Å². The Hall–Kier alpha value is -3.25. The lowest BCUT2D eigenvalue weighted by atomic mass is 9.88. The molecule has 5 nitrogen and oxygen atoms in total. The zero-order valence-electron chi connectivity index (χ0n) is 16.0. The molecule has 0 spiro atoms. The number of amides is 1. The Bertz CT molecular complexity index is 1070. The van der Waals surface area contributed by atoms with Crippen molar-refractivity contribution in [2.45, 2.75) is 12.0 Å². The van der Waals surface area contributed by atoms with E-state index in [4.69, 9.17) is 13.9 Å². The SMILES string of the molecule is CNC(=O)OCC[C@](Oc1cccc2ccoc12)(c1ccccc1)c1cccs1. The fourth-order valence-corrected chi connectivity index (χ4v) is 4.29. The van der Waals surface area contributed by atoms with Gasteiger partial charge in [0.2, 0.25) is 0 Å². The van der Waals surface area contributed by atoms with E-state index in [1.807, 2.05) is 72.1 Å². The Kier molecular flexibility index (Phi) is 5.53. The van der Waals surface area contributed by atoms with Crippen LogP contribution in [-0.4, -0.2) is 19.7 Å². The maximum absolute atomic E-state index is 11.6. The number of hydrogen-bond donors (Lipinski definition) is 1. The number of nitrogens with one attached hydrogen (secondary N) is 1. The molecule has 1 amide bonds. The fourth-order valence-electron chi connectivity index (χ4n) is 3.38. The molecule has 0 aliphatic rings. The van der Waals surface area contributed by atoms with Crippen LogP contribution in [0.2, 0.25) is 0 Å². The molecular formula is C23H21NO4S. The topological polar surface area (TPSA) is 60.7 Å². The first-order chi connectivity index (χ1) is 14.2. The first kappa shape index (κ1) is 19.1. The molecule has 148 valence electrons. The Morgan fingerprint density at radius 1 is 1.07 bits per heavy atom. The van der Waals surface area contributed by atoms with Crippen LogP contribution in [0, 0.1) is 0 Å². The highest BCUT2D eigenvalue weighted by Gasteiger charge is 2.39. The first-order valence-electron chi connectivity index (χ1n) is 9.32. The van der Waals surface area contributed by atoms with Gasteiger partial charge in [-0.3, -0.25) is 0 Å². The Labute approximate surface area is 172 Å². The predicted molar refractivity (Wildman–Crippen MR) is 113 cm³/mol. The van der Waals surface area contributed by atoms with Crippen LogP contribution >= 0.6 is 11.3 Å². The second-order valence-corrected chi connectivity index (χ2v) is 7.45. The molecule has 29 heavy (non-hydrogen) atoms. The third-order valence-electron chi connectivity index (χ3n) is 4.78. The van der Waals surface area contributed by atoms with Crippen molar-refractivity contribution in [1.29, 1.82) is 0 Å². The van der Waals surface area contributed by atoms with Crippen LogP contribution in [0.4, 0.5) is 4.79 Å². The summed E-state index contributed by atoms with van der Waals surface area (Å²) >= 11 is 1.60. The number of rotatable bonds is 7. The van der Waals surface area contributed by atoms with Gasteiger partial charge >= 0.3 is 6.09 Å². The van der Waals surface area contributed by atoms with Crippen molar-refractivity contribution in [3.63, 3.8) is 0 Å². The van der Waals surface area contributed by atoms with Gasteiger partial charge in [-0.2, -0.15) is 0 Å². The van der Waals surface area contributed by atoms with Gasteiger partial charge in [0.25, 0.3) is 0 Å². The number of thiophene rings is 1. The van der Waals surface area contributed by atoms with Crippen LogP contribution < -0.4 is 10.1 Å². The van der Waals surface area contributed by atoms with Crippen LogP contribution in [0.5, 0.6) is 5.75 Å². The molecule has 4 aromatic rings. The zero-order valence-corrected chi connectivity index (χ0v) is 16.8. The molecule has 0 unspecified atom stereocenters. The number of alkyl carbamates (subject to hydrolysis) is 1. The largest absolute Gasteiger partial charge is 0.473 e. The van der Waals surface area contributed by atoms with Gasteiger partial charge < -0.3 is 19.2 Å². The van der Waals surface area contributed by atoms with Gasteiger partial charge in [-0.25, -0.2) is 4.79 Å². The van der Waals surface area contributed by atoms with E-state index in [2.05, 4.69) is 5.32 Å². The Morgan fingerprint density at radius 3 is 2.69 bits per heavy atom. The fraction of sp³-hybridized carbons (Fsp3) is 0.174. The summed E-state index contributed by atoms with van der Waals surface area (Å²) in [5.41, 5.74) is 0.841. The van der Waals surface area contributed by atoms with Gasteiger partial charge in [-0.1, -0.05) is 48.5 Å². The number of carbonyl (C=O) groups is 1. The monoisotopic (exact) mass is 407 g/mol. The molecule has 0 radical (unpaired) electrons. The average molecular weight is 407 g/mol. The minimum absolute atomic E-state index is 0.195. The van der Waals surface area contributed by atoms with Crippen LogP contribution in [0.15, 0.2) is 82.8 Å². The molecule has 4 rings (SSSR count). The van der Waals surface area contributed by atoms with Gasteiger partial charge in [0, 0.05) is 24.4 Å². The summed E-state index contributed by atoms with van der Waals surface area (Å²) in [5.74, 6) is 0.643. The zero-order chi connectivity index (χ0) is 20.1. The summed E-state index contributed by atoms with van der Waals surface area (Å²) in [5, 5.41) is 5.47. The third-order valence-corrected chi connectivity index (χ3v) is 5.79. The van der Waals surface area contributed by atoms with Crippen LogP contribution in [0.25, 0.3) is 11.0 Å². The lowest BCUT2D eigenvalue weighted by Crippen LogP contribution is -2.36. The highest BCUT2D eigenvalue weighted by Crippen LogP contribution is 2.42. The number of para-hydroxylation sites is 1. The van der Waals surface area contributed by atoms with E-state index in [1.165, 1.54) is 0 Å². The molecule has 0 saturated heterocycles. The summed E-state index contributed by atoms with van der Waals surface area (Å²) in [6, 6.07) is 21.8. The van der Waals surface area contributed by atoms with Crippen molar-refractivity contribution in [3.05, 3.63) is 88.8 Å². The van der Waals surface area contributed by atoms with Crippen molar-refractivity contribution in [3.8, 4) is 5.75 Å². The van der Waals surface area contributed by atoms with Gasteiger partial charge in [0.05, 0.1) is 17.7 Å². The number of carbonyl (C=O) groups excluding carboxylic acids is 1. The van der Waals surface area contributed by atoms with E-state index in [0.29, 0.717) is 17.8 Å². The van der Waals surface area contributed by atoms with E-state index in [-0.39, 0.29) is 6.61 Å². The molecule has 0 fully saturated rings. The Balaban J connectivity index is 1.80. The maximum Gasteiger partial charge on any atom is 0.406 e. The molecule has 1 atom stereocenters. The number of ether oxygens (including phenoxy) is 2. The molecule has 0 aliphatic heterocycles. The molecular weight excluding hydrogens is 386 g/mol. The van der Waals surface area contributed by atoms with Gasteiger partial charge in [-0.05, 0) is 23.6 Å². The quantitative estimate of drug-likeness (QED) is 0.435. The van der Waals surface area contributed by atoms with Gasteiger partial charge in [-0.15, -0.1) is 11.3 Å². The summed E-state index contributed by atoms with van der Waals surface area (Å²) in [7, 11) is 1.54. The van der Waals surface area contributed by atoms with Gasteiger partial charge in [0.15, 0.2) is 16.9 Å². The molecule has 0 bridgehead atoms. The van der Waals surface area contributed by atoms with Crippen molar-refractivity contribution >= 4 is 28.4 Å². The smallest absolute Gasteiger partial charge is 0.406 e. The van der Waals surface area contributed by atoms with Crippen LogP contribution in [0.3, 0.4) is 0 Å². The first-order valence-corrected chi connectivity index (χ1v) is 10.2. The lowest BCUT2D eigenvalue weighted by Gasteiger charge is -2.34. The van der Waals surface area contributed by atoms with Gasteiger partial charge in [0.1, 0.15) is 0 Å². The van der Waals surface area contributed by atoms with E-state index < -0.39 is 11.7 Å². The van der Waals surface area contributed by atoms with Crippen molar-refractivity contribution < 1.29 is 18.7 Å². The van der Waals surface area contributed by atoms with E-state index in [0.717, 1.165) is 15.8 Å². The third kappa shape index (κ3) is 3.84. The maximum atomic E-state index is 11.6. The summed E-state index contributed by atoms with van der Waals surface area (Å²) in [6.45, 7) is 0.195. The molecule has 1 N–H and O–H groups in total. The summed E-state index contributed by atoms with van der Waals surface area (Å²) in [4.78, 5) is 12.7. The normalized spacial score (nSPS) is 13.0. The van der Waals surface area contributed by atoms with Crippen LogP contribution in [-0.2, 0) is 10.3 Å². The number of fused-ring (bicyclic) bond motifs is 1. The molecule has 2 aromatic heterocycles. The molecule has 2 heterocycles. The second kappa shape index (κ2) is 8.41. The van der Waals surface area contributed by atoms with Crippen LogP contribution in [0.1, 0.15) is 16.9 Å².